The molecule has 2 fully saturated rings. The molecule has 2 heterocycles. The van der Waals surface area contributed by atoms with Crippen molar-refractivity contribution >= 4 is 47.4 Å². The van der Waals surface area contributed by atoms with Crippen LogP contribution in [0.3, 0.4) is 0 Å². The molecule has 2 amide bonds. The largest absolute Gasteiger partial charge is 0.463 e. The maximum absolute atomic E-state index is 13.5. The Bertz CT molecular complexity index is 1900. The highest BCUT2D eigenvalue weighted by atomic mass is 16.7. The minimum absolute atomic E-state index is 0.0437. The van der Waals surface area contributed by atoms with E-state index in [1.807, 2.05) is 58.0 Å². The van der Waals surface area contributed by atoms with Gasteiger partial charge in [-0.15, -0.1) is 0 Å². The summed E-state index contributed by atoms with van der Waals surface area (Å²) in [6, 6.07) is 8.85. The summed E-state index contributed by atoms with van der Waals surface area (Å²) >= 11 is 0. The second kappa shape index (κ2) is 36.1. The Morgan fingerprint density at radius 3 is 1.51 bits per heavy atom. The monoisotopic (exact) mass is 1060 g/mol. The second-order valence-corrected chi connectivity index (χ2v) is 20.1. The predicted octanol–water partition coefficient (Wildman–Crippen LogP) is 7.55. The first kappa shape index (κ1) is 64.3. The van der Waals surface area contributed by atoms with Gasteiger partial charge in [0.1, 0.15) is 44.2 Å². The number of carbonyl (C=O) groups is 8. The van der Waals surface area contributed by atoms with Crippen LogP contribution in [0.25, 0.3) is 0 Å². The molecule has 0 aliphatic carbocycles. The van der Waals surface area contributed by atoms with Crippen LogP contribution in [0.1, 0.15) is 170 Å². The van der Waals surface area contributed by atoms with E-state index in [-0.39, 0.29) is 73.5 Å². The van der Waals surface area contributed by atoms with Crippen molar-refractivity contribution in [1.82, 2.24) is 10.6 Å². The Kier molecular flexibility index (Phi) is 31.0. The number of ether oxygens (including phenoxy) is 9. The Hall–Kier alpha value is -4.98. The fourth-order valence-corrected chi connectivity index (χ4v) is 9.12. The zero-order chi connectivity index (χ0) is 55.1. The van der Waals surface area contributed by atoms with Crippen molar-refractivity contribution < 1.29 is 81.0 Å². The number of hydrogen-bond acceptors (Lipinski definition) is 17. The fourth-order valence-electron chi connectivity index (χ4n) is 9.12. The third-order valence-corrected chi connectivity index (χ3v) is 13.8. The van der Waals surface area contributed by atoms with E-state index < -0.39 is 66.9 Å². The molecular weight excluding hydrogens is 973 g/mol. The maximum atomic E-state index is 13.5. The summed E-state index contributed by atoms with van der Waals surface area (Å²) in [5, 5.41) is 5.95. The smallest absolute Gasteiger partial charge is 0.306 e. The van der Waals surface area contributed by atoms with E-state index in [1.165, 1.54) is 27.7 Å². The summed E-state index contributed by atoms with van der Waals surface area (Å²) < 4.78 is 51.1. The standard InChI is InChI=1S/C56H88N2O17/c1-37-39(3)55(74-48(35-69-41(5)59)53(37)72-43(7)61)67-32-22-12-17-28-50(64)57-31-21-20-26-46(47(63)27-16-9-10-19-30-52(66)71-34-45-24-14-11-15-25-45)58-51(65)29-18-13-23-33-68-56-40(4)38(2)54(73-44(8)62)49(75-56)36-70-42(6)60/h11,14-15,24-25,37-40,46,48-49,53-56H,9-10,12-13,16-23,26-36H2,1-8H3,(H,57,64)(H,58,65)/t37-,38-,39?,40?,46+,48?,49?,53-,54-,55-,56-/m1/s1. The van der Waals surface area contributed by atoms with E-state index in [2.05, 4.69) is 10.6 Å². The molecule has 2 N–H and O–H groups in total. The zero-order valence-electron chi connectivity index (χ0n) is 45.9. The summed E-state index contributed by atoms with van der Waals surface area (Å²) in [5.74, 6) is -2.83. The zero-order valence-corrected chi connectivity index (χ0v) is 45.9. The first-order valence-electron chi connectivity index (χ1n) is 27.3. The number of esters is 5. The van der Waals surface area contributed by atoms with Crippen LogP contribution in [0, 0.1) is 23.7 Å². The number of rotatable bonds is 36. The van der Waals surface area contributed by atoms with Gasteiger partial charge < -0.3 is 53.3 Å². The summed E-state index contributed by atoms with van der Waals surface area (Å²) in [7, 11) is 0. The molecule has 1 aromatic rings. The van der Waals surface area contributed by atoms with Gasteiger partial charge in [-0.1, -0.05) is 83.7 Å². The van der Waals surface area contributed by atoms with Gasteiger partial charge in [0.05, 0.1) is 6.04 Å². The minimum atomic E-state index is -0.676. The van der Waals surface area contributed by atoms with Crippen molar-refractivity contribution in [3.63, 3.8) is 0 Å². The molecule has 424 valence electrons. The second-order valence-electron chi connectivity index (χ2n) is 20.1. The lowest BCUT2D eigenvalue weighted by Crippen LogP contribution is -2.53. The Morgan fingerprint density at radius 1 is 0.520 bits per heavy atom. The van der Waals surface area contributed by atoms with Crippen molar-refractivity contribution in [1.29, 1.82) is 0 Å². The topological polar surface area (TPSA) is 244 Å². The van der Waals surface area contributed by atoms with Crippen LogP contribution in [0.15, 0.2) is 30.3 Å². The number of unbranched alkanes of at least 4 members (excludes halogenated alkanes) is 8. The minimum Gasteiger partial charge on any atom is -0.463 e. The maximum Gasteiger partial charge on any atom is 0.306 e. The lowest BCUT2D eigenvalue weighted by molar-refractivity contribution is -0.273. The molecule has 0 saturated carbocycles. The summed E-state index contributed by atoms with van der Waals surface area (Å²) in [6.07, 6.45) is 6.05. The highest BCUT2D eigenvalue weighted by Crippen LogP contribution is 2.35. The highest BCUT2D eigenvalue weighted by molar-refractivity contribution is 5.89. The molecule has 2 aliphatic rings. The van der Waals surface area contributed by atoms with Crippen LogP contribution in [-0.2, 0) is 87.6 Å². The molecule has 0 bridgehead atoms. The number of Topliss-reactive ketones (excluding diaryl/α,β-unsaturated/α-hetero) is 1. The first-order valence-corrected chi connectivity index (χ1v) is 27.3. The quantitative estimate of drug-likeness (QED) is 0.0374. The first-order chi connectivity index (χ1) is 35.9. The van der Waals surface area contributed by atoms with Crippen LogP contribution in [-0.4, -0.2) is 123 Å². The van der Waals surface area contributed by atoms with E-state index in [9.17, 15) is 38.4 Å². The molecule has 0 radical (unpaired) electrons. The van der Waals surface area contributed by atoms with Gasteiger partial charge in [-0.05, 0) is 63.4 Å². The molecule has 0 aromatic heterocycles. The van der Waals surface area contributed by atoms with Crippen molar-refractivity contribution in [3.8, 4) is 0 Å². The van der Waals surface area contributed by atoms with E-state index >= 15 is 0 Å². The molecule has 2 saturated heterocycles. The number of nitrogens with one attached hydrogen (secondary N) is 2. The van der Waals surface area contributed by atoms with E-state index in [0.717, 1.165) is 24.8 Å². The van der Waals surface area contributed by atoms with Gasteiger partial charge in [-0.2, -0.15) is 0 Å². The van der Waals surface area contributed by atoms with Crippen molar-refractivity contribution in [2.24, 2.45) is 23.7 Å². The molecule has 2 aliphatic heterocycles. The van der Waals surface area contributed by atoms with Crippen LogP contribution in [0.2, 0.25) is 0 Å². The summed E-state index contributed by atoms with van der Waals surface area (Å²) in [5.41, 5.74) is 0.930. The van der Waals surface area contributed by atoms with Crippen LogP contribution in [0.4, 0.5) is 0 Å². The lowest BCUT2D eigenvalue weighted by atomic mass is 9.84. The number of carbonyl (C=O) groups excluding carboxylic acids is 8. The Labute approximate surface area is 444 Å². The molecule has 0 spiro atoms. The fraction of sp³-hybridized carbons (Fsp3) is 0.750. The van der Waals surface area contributed by atoms with E-state index in [1.54, 1.807) is 0 Å². The summed E-state index contributed by atoms with van der Waals surface area (Å²) in [4.78, 5) is 98.2. The molecule has 3 rings (SSSR count). The number of hydrogen-bond donors (Lipinski definition) is 2. The molecule has 75 heavy (non-hydrogen) atoms. The van der Waals surface area contributed by atoms with Crippen LogP contribution >= 0.6 is 0 Å². The average molecular weight is 1060 g/mol. The molecule has 4 unspecified atom stereocenters. The van der Waals surface area contributed by atoms with Gasteiger partial charge in [0, 0.05) is 96.8 Å². The molecule has 11 atom stereocenters. The van der Waals surface area contributed by atoms with Gasteiger partial charge >= 0.3 is 29.8 Å². The number of amides is 2. The van der Waals surface area contributed by atoms with E-state index in [0.29, 0.717) is 103 Å². The van der Waals surface area contributed by atoms with Crippen molar-refractivity contribution in [2.75, 3.05) is 33.0 Å². The molecule has 1 aromatic carbocycles. The van der Waals surface area contributed by atoms with Crippen molar-refractivity contribution in [2.45, 2.75) is 214 Å². The van der Waals surface area contributed by atoms with Gasteiger partial charge in [0.15, 0.2) is 18.4 Å². The molecule has 19 nitrogen and oxygen atoms in total. The Balaban J connectivity index is 1.39. The number of benzene rings is 1. The summed E-state index contributed by atoms with van der Waals surface area (Å²) in [6.45, 7) is 14.4. The Morgan fingerprint density at radius 2 is 1.00 bits per heavy atom. The van der Waals surface area contributed by atoms with Crippen molar-refractivity contribution in [3.05, 3.63) is 35.9 Å². The number of ketones is 1. The van der Waals surface area contributed by atoms with Gasteiger partial charge in [0.2, 0.25) is 11.8 Å². The lowest BCUT2D eigenvalue weighted by Gasteiger charge is -2.43. The van der Waals surface area contributed by atoms with E-state index in [4.69, 9.17) is 42.6 Å². The van der Waals surface area contributed by atoms with Crippen LogP contribution in [0.5, 0.6) is 0 Å². The average Bonchev–Trinajstić information content (AvgIpc) is 3.36. The SMILES string of the molecule is CC(=O)OCC1O[C@@H](OCCCCCC(=O)NCCCC[C@H](NC(=O)CCCCCO[C@@H]2OC(COC(C)=O)[C@H](OC(C)=O)[C@H](C)C2C)C(=O)CCCCCCC(=O)OCc2ccccc2)C(C)[C@@H](C)[C@H]1OC(C)=O. The third-order valence-electron chi connectivity index (χ3n) is 13.8. The van der Waals surface area contributed by atoms with Gasteiger partial charge in [-0.3, -0.25) is 38.4 Å². The predicted molar refractivity (Wildman–Crippen MR) is 275 cm³/mol. The third kappa shape index (κ3) is 26.1. The van der Waals surface area contributed by atoms with Gasteiger partial charge in [-0.25, -0.2) is 0 Å². The normalized spacial score (nSPS) is 23.7. The molecular formula is C56H88N2O17. The van der Waals surface area contributed by atoms with Gasteiger partial charge in [0.25, 0.3) is 0 Å². The highest BCUT2D eigenvalue weighted by Gasteiger charge is 2.46. The molecule has 19 heteroatoms. The van der Waals surface area contributed by atoms with Crippen LogP contribution < -0.4 is 10.6 Å².